The fourth-order valence-electron chi connectivity index (χ4n) is 1.15. The van der Waals surface area contributed by atoms with E-state index in [1.807, 2.05) is 5.48 Å². The van der Waals surface area contributed by atoms with Crippen LogP contribution in [0.4, 0.5) is 0 Å². The van der Waals surface area contributed by atoms with Gasteiger partial charge in [-0.15, -0.1) is 0 Å². The van der Waals surface area contributed by atoms with Crippen molar-refractivity contribution in [3.63, 3.8) is 0 Å². The monoisotopic (exact) mass is 307 g/mol. The molecular weight excluding hydrogens is 298 g/mol. The van der Waals surface area contributed by atoms with E-state index in [9.17, 15) is 18.0 Å². The van der Waals surface area contributed by atoms with Crippen LogP contribution >= 0.6 is 11.6 Å². The van der Waals surface area contributed by atoms with Crippen molar-refractivity contribution < 1.29 is 28.0 Å². The second-order valence-electron chi connectivity index (χ2n) is 3.53. The number of nitrogens with one attached hydrogen (secondary N) is 1. The van der Waals surface area contributed by atoms with E-state index >= 15 is 0 Å². The molecule has 0 saturated carbocycles. The molecule has 1 aromatic rings. The molecule has 9 heteroatoms. The van der Waals surface area contributed by atoms with E-state index in [4.69, 9.17) is 16.7 Å². The Morgan fingerprint density at radius 2 is 2.05 bits per heavy atom. The average molecular weight is 308 g/mol. The molecule has 19 heavy (non-hydrogen) atoms. The third-order valence-corrected chi connectivity index (χ3v) is 3.53. The Morgan fingerprint density at radius 3 is 2.58 bits per heavy atom. The van der Waals surface area contributed by atoms with Gasteiger partial charge in [0.25, 0.3) is 5.91 Å². The van der Waals surface area contributed by atoms with Crippen molar-refractivity contribution in [2.75, 3.05) is 12.9 Å². The summed E-state index contributed by atoms with van der Waals surface area (Å²) >= 11 is 5.71. The van der Waals surface area contributed by atoms with Crippen molar-refractivity contribution in [1.82, 2.24) is 5.48 Å². The zero-order valence-corrected chi connectivity index (χ0v) is 11.3. The van der Waals surface area contributed by atoms with Crippen LogP contribution in [0, 0.1) is 0 Å². The lowest BCUT2D eigenvalue weighted by Gasteiger charge is -2.06. The smallest absolute Gasteiger partial charge is 0.332 e. The number of aliphatic carboxylic acids is 1. The summed E-state index contributed by atoms with van der Waals surface area (Å²) in [6, 6.07) is 3.62. The van der Waals surface area contributed by atoms with Crippen molar-refractivity contribution in [2.24, 2.45) is 0 Å². The molecule has 0 heterocycles. The van der Waals surface area contributed by atoms with Gasteiger partial charge in [0.05, 0.1) is 9.92 Å². The zero-order chi connectivity index (χ0) is 14.6. The van der Waals surface area contributed by atoms with Crippen LogP contribution < -0.4 is 5.48 Å². The van der Waals surface area contributed by atoms with E-state index in [1.54, 1.807) is 0 Å². The molecule has 0 fully saturated rings. The average Bonchev–Trinajstić information content (AvgIpc) is 2.27. The Labute approximate surface area is 114 Å². The second kappa shape index (κ2) is 6.00. The number of carbonyl (C=O) groups is 2. The molecule has 104 valence electrons. The molecule has 0 aliphatic rings. The maximum Gasteiger partial charge on any atom is 0.332 e. The van der Waals surface area contributed by atoms with Crippen LogP contribution in [0.1, 0.15) is 10.4 Å². The molecule has 0 atom stereocenters. The molecule has 0 unspecified atom stereocenters. The number of rotatable bonds is 5. The summed E-state index contributed by atoms with van der Waals surface area (Å²) < 4.78 is 22.8. The van der Waals surface area contributed by atoms with E-state index < -0.39 is 28.3 Å². The third kappa shape index (κ3) is 4.51. The fraction of sp³-hybridized carbons (Fsp3) is 0.200. The van der Waals surface area contributed by atoms with Crippen LogP contribution in [0.5, 0.6) is 0 Å². The third-order valence-electron chi connectivity index (χ3n) is 1.95. The number of carboxylic acid groups (broad SMARTS) is 1. The number of carboxylic acids is 1. The molecular formula is C10H10ClNO6S. The van der Waals surface area contributed by atoms with Gasteiger partial charge in [-0.1, -0.05) is 11.6 Å². The molecule has 2 N–H and O–H groups in total. The Morgan fingerprint density at radius 1 is 1.42 bits per heavy atom. The van der Waals surface area contributed by atoms with Gasteiger partial charge in [-0.3, -0.25) is 9.63 Å². The first-order chi connectivity index (χ1) is 8.71. The van der Waals surface area contributed by atoms with E-state index in [-0.39, 0.29) is 15.5 Å². The number of halogens is 1. The summed E-state index contributed by atoms with van der Waals surface area (Å²) in [5.74, 6) is -2.03. The molecule has 0 bridgehead atoms. The van der Waals surface area contributed by atoms with Crippen LogP contribution in [0.15, 0.2) is 23.1 Å². The van der Waals surface area contributed by atoms with Crippen molar-refractivity contribution in [3.8, 4) is 0 Å². The largest absolute Gasteiger partial charge is 0.479 e. The van der Waals surface area contributed by atoms with Gasteiger partial charge in [0.15, 0.2) is 16.4 Å². The van der Waals surface area contributed by atoms with Crippen LogP contribution in [0.25, 0.3) is 0 Å². The Bertz CT molecular complexity index is 612. The SMILES string of the molecule is CS(=O)(=O)c1cc(C(=O)NOCC(=O)O)ccc1Cl. The van der Waals surface area contributed by atoms with Crippen LogP contribution in [0.3, 0.4) is 0 Å². The first kappa shape index (κ1) is 15.4. The molecule has 0 aliphatic heterocycles. The Hall–Kier alpha value is -1.64. The number of sulfone groups is 1. The maximum atomic E-state index is 11.5. The minimum atomic E-state index is -3.57. The summed E-state index contributed by atoms with van der Waals surface area (Å²) in [5, 5.41) is 8.30. The highest BCUT2D eigenvalue weighted by atomic mass is 35.5. The predicted molar refractivity (Wildman–Crippen MR) is 65.6 cm³/mol. The topological polar surface area (TPSA) is 110 Å². The summed E-state index contributed by atoms with van der Waals surface area (Å²) in [6.07, 6.45) is 0.955. The van der Waals surface area contributed by atoms with Gasteiger partial charge in [-0.05, 0) is 18.2 Å². The number of hydrogen-bond donors (Lipinski definition) is 2. The highest BCUT2D eigenvalue weighted by Gasteiger charge is 2.16. The van der Waals surface area contributed by atoms with E-state index in [0.29, 0.717) is 0 Å². The Balaban J connectivity index is 2.91. The van der Waals surface area contributed by atoms with Crippen molar-refractivity contribution in [3.05, 3.63) is 28.8 Å². The standard InChI is InChI=1S/C10H10ClNO6S/c1-19(16,17)8-4-6(2-3-7(8)11)10(15)12-18-5-9(13)14/h2-4H,5H2,1H3,(H,12,15)(H,13,14). The number of hydroxylamine groups is 1. The number of amides is 1. The highest BCUT2D eigenvalue weighted by molar-refractivity contribution is 7.90. The molecule has 7 nitrogen and oxygen atoms in total. The molecule has 1 aromatic carbocycles. The summed E-state index contributed by atoms with van der Waals surface area (Å²) in [4.78, 5) is 25.9. The van der Waals surface area contributed by atoms with E-state index in [1.165, 1.54) is 12.1 Å². The first-order valence-corrected chi connectivity index (χ1v) is 7.12. The Kier molecular flexibility index (Phi) is 4.87. The highest BCUT2D eigenvalue weighted by Crippen LogP contribution is 2.22. The summed E-state index contributed by atoms with van der Waals surface area (Å²) in [5.41, 5.74) is 1.85. The molecule has 0 radical (unpaired) electrons. The molecule has 0 saturated heterocycles. The minimum absolute atomic E-state index is 0.00879. The zero-order valence-electron chi connectivity index (χ0n) is 9.71. The predicted octanol–water partition coefficient (Wildman–Crippen LogP) is 0.489. The van der Waals surface area contributed by atoms with E-state index in [0.717, 1.165) is 12.3 Å². The van der Waals surface area contributed by atoms with Crippen molar-refractivity contribution in [2.45, 2.75) is 4.90 Å². The molecule has 0 aliphatic carbocycles. The fourth-order valence-corrected chi connectivity index (χ4v) is 2.45. The minimum Gasteiger partial charge on any atom is -0.479 e. The lowest BCUT2D eigenvalue weighted by atomic mass is 10.2. The van der Waals surface area contributed by atoms with Gasteiger partial charge in [0.2, 0.25) is 0 Å². The van der Waals surface area contributed by atoms with Gasteiger partial charge >= 0.3 is 5.97 Å². The van der Waals surface area contributed by atoms with Gasteiger partial charge < -0.3 is 5.11 Å². The lowest BCUT2D eigenvalue weighted by molar-refractivity contribution is -0.144. The maximum absolute atomic E-state index is 11.5. The van der Waals surface area contributed by atoms with Gasteiger partial charge in [-0.25, -0.2) is 18.7 Å². The summed E-state index contributed by atoms with van der Waals surface area (Å²) in [6.45, 7) is -0.710. The molecule has 1 rings (SSSR count). The van der Waals surface area contributed by atoms with E-state index in [2.05, 4.69) is 4.84 Å². The molecule has 1 amide bonds. The van der Waals surface area contributed by atoms with Crippen molar-refractivity contribution in [1.29, 1.82) is 0 Å². The van der Waals surface area contributed by atoms with Gasteiger partial charge in [-0.2, -0.15) is 0 Å². The normalized spacial score (nSPS) is 11.1. The lowest BCUT2D eigenvalue weighted by Crippen LogP contribution is -2.26. The summed E-state index contributed by atoms with van der Waals surface area (Å²) in [7, 11) is -3.57. The van der Waals surface area contributed by atoms with Gasteiger partial charge in [0.1, 0.15) is 0 Å². The number of benzene rings is 1. The van der Waals surface area contributed by atoms with Crippen LogP contribution in [0.2, 0.25) is 5.02 Å². The quantitative estimate of drug-likeness (QED) is 0.766. The molecule has 0 aromatic heterocycles. The van der Waals surface area contributed by atoms with Gasteiger partial charge in [0, 0.05) is 11.8 Å². The molecule has 0 spiro atoms. The second-order valence-corrected chi connectivity index (χ2v) is 5.92. The van der Waals surface area contributed by atoms with Crippen molar-refractivity contribution >= 4 is 33.3 Å². The number of hydrogen-bond acceptors (Lipinski definition) is 5. The van der Waals surface area contributed by atoms with Crippen LogP contribution in [-0.4, -0.2) is 38.3 Å². The number of carbonyl (C=O) groups excluding carboxylic acids is 1. The van der Waals surface area contributed by atoms with Crippen LogP contribution in [-0.2, 0) is 19.5 Å². The first-order valence-electron chi connectivity index (χ1n) is 4.85.